The van der Waals surface area contributed by atoms with Gasteiger partial charge in [0.1, 0.15) is 0 Å². The zero-order chi connectivity index (χ0) is 15.1. The summed E-state index contributed by atoms with van der Waals surface area (Å²) in [5, 5.41) is 6.98. The SMILES string of the molecule is Cc1ccccc1/C=N\NC(=O)CNc1ccc(Br)cc1. The van der Waals surface area contributed by atoms with E-state index in [0.29, 0.717) is 0 Å². The van der Waals surface area contributed by atoms with E-state index in [1.54, 1.807) is 6.21 Å². The highest BCUT2D eigenvalue weighted by Gasteiger charge is 1.99. The van der Waals surface area contributed by atoms with E-state index in [0.717, 1.165) is 21.3 Å². The highest BCUT2D eigenvalue weighted by molar-refractivity contribution is 9.10. The lowest BCUT2D eigenvalue weighted by Gasteiger charge is -2.05. The minimum atomic E-state index is -0.192. The van der Waals surface area contributed by atoms with E-state index in [1.807, 2.05) is 55.5 Å². The Kier molecular flexibility index (Phi) is 5.51. The number of carbonyl (C=O) groups is 1. The molecule has 1 amide bonds. The largest absolute Gasteiger partial charge is 0.376 e. The normalized spacial score (nSPS) is 10.6. The second kappa shape index (κ2) is 7.59. The minimum Gasteiger partial charge on any atom is -0.376 e. The number of aryl methyl sites for hydroxylation is 1. The van der Waals surface area contributed by atoms with E-state index in [9.17, 15) is 4.79 Å². The van der Waals surface area contributed by atoms with Crippen LogP contribution in [0.1, 0.15) is 11.1 Å². The smallest absolute Gasteiger partial charge is 0.259 e. The van der Waals surface area contributed by atoms with Crippen molar-refractivity contribution in [1.29, 1.82) is 0 Å². The van der Waals surface area contributed by atoms with Gasteiger partial charge in [-0.15, -0.1) is 0 Å². The monoisotopic (exact) mass is 345 g/mol. The summed E-state index contributed by atoms with van der Waals surface area (Å²) < 4.78 is 1.00. The number of halogens is 1. The average molecular weight is 346 g/mol. The number of nitrogens with zero attached hydrogens (tertiary/aromatic N) is 1. The van der Waals surface area contributed by atoms with Crippen molar-refractivity contribution in [3.05, 3.63) is 64.1 Å². The Balaban J connectivity index is 1.80. The molecular formula is C16H16BrN3O. The predicted molar refractivity (Wildman–Crippen MR) is 89.5 cm³/mol. The Morgan fingerprint density at radius 1 is 1.19 bits per heavy atom. The van der Waals surface area contributed by atoms with E-state index in [1.165, 1.54) is 0 Å². The van der Waals surface area contributed by atoms with Gasteiger partial charge in [-0.3, -0.25) is 4.79 Å². The standard InChI is InChI=1S/C16H16BrN3O/c1-12-4-2-3-5-13(12)10-19-20-16(21)11-18-15-8-6-14(17)7-9-15/h2-10,18H,11H2,1H3,(H,20,21)/b19-10-. The van der Waals surface area contributed by atoms with Gasteiger partial charge in [0.15, 0.2) is 0 Å². The van der Waals surface area contributed by atoms with Crippen molar-refractivity contribution in [2.24, 2.45) is 5.10 Å². The molecule has 2 N–H and O–H groups in total. The molecule has 0 fully saturated rings. The van der Waals surface area contributed by atoms with Gasteiger partial charge in [0, 0.05) is 10.2 Å². The van der Waals surface area contributed by atoms with Crippen LogP contribution in [0.25, 0.3) is 0 Å². The lowest BCUT2D eigenvalue weighted by Crippen LogP contribution is -2.25. The second-order valence-electron chi connectivity index (χ2n) is 4.51. The van der Waals surface area contributed by atoms with Crippen LogP contribution in [-0.2, 0) is 4.79 Å². The lowest BCUT2D eigenvalue weighted by atomic mass is 10.1. The molecule has 0 atom stereocenters. The van der Waals surface area contributed by atoms with Gasteiger partial charge >= 0.3 is 0 Å². The number of anilines is 1. The summed E-state index contributed by atoms with van der Waals surface area (Å²) in [6.07, 6.45) is 1.65. The summed E-state index contributed by atoms with van der Waals surface area (Å²) in [5.41, 5.74) is 5.48. The molecule has 0 aromatic heterocycles. The van der Waals surface area contributed by atoms with E-state index in [2.05, 4.69) is 31.8 Å². The molecule has 2 aromatic carbocycles. The molecule has 0 radical (unpaired) electrons. The molecule has 0 aliphatic carbocycles. The Labute approximate surface area is 132 Å². The zero-order valence-corrected chi connectivity index (χ0v) is 13.2. The first-order chi connectivity index (χ1) is 10.1. The maximum absolute atomic E-state index is 11.7. The molecule has 0 saturated heterocycles. The number of nitrogens with one attached hydrogen (secondary N) is 2. The first kappa shape index (κ1) is 15.3. The van der Waals surface area contributed by atoms with Gasteiger partial charge in [-0.2, -0.15) is 5.10 Å². The summed E-state index contributed by atoms with van der Waals surface area (Å²) in [4.78, 5) is 11.7. The molecule has 5 heteroatoms. The van der Waals surface area contributed by atoms with Crippen LogP contribution in [-0.4, -0.2) is 18.7 Å². The van der Waals surface area contributed by atoms with Crippen molar-refractivity contribution in [2.45, 2.75) is 6.92 Å². The van der Waals surface area contributed by atoms with Crippen LogP contribution in [0.3, 0.4) is 0 Å². The third kappa shape index (κ3) is 5.04. The first-order valence-corrected chi connectivity index (χ1v) is 7.31. The van der Waals surface area contributed by atoms with Crippen LogP contribution in [0.4, 0.5) is 5.69 Å². The predicted octanol–water partition coefficient (Wildman–Crippen LogP) is 3.32. The number of hydrazone groups is 1. The maximum Gasteiger partial charge on any atom is 0.259 e. The second-order valence-corrected chi connectivity index (χ2v) is 5.43. The van der Waals surface area contributed by atoms with Gasteiger partial charge in [-0.1, -0.05) is 40.2 Å². The first-order valence-electron chi connectivity index (χ1n) is 6.52. The van der Waals surface area contributed by atoms with Crippen LogP contribution >= 0.6 is 15.9 Å². The van der Waals surface area contributed by atoms with Crippen molar-refractivity contribution < 1.29 is 4.79 Å². The summed E-state index contributed by atoms with van der Waals surface area (Å²) in [7, 11) is 0. The fourth-order valence-electron chi connectivity index (χ4n) is 1.70. The van der Waals surface area contributed by atoms with E-state index >= 15 is 0 Å². The van der Waals surface area contributed by atoms with Gasteiger partial charge in [-0.05, 0) is 42.3 Å². The van der Waals surface area contributed by atoms with E-state index in [4.69, 9.17) is 0 Å². The molecule has 0 bridgehead atoms. The zero-order valence-electron chi connectivity index (χ0n) is 11.6. The molecule has 0 aliphatic rings. The number of carbonyl (C=O) groups excluding carboxylic acids is 1. The molecule has 4 nitrogen and oxygen atoms in total. The van der Waals surface area contributed by atoms with Gasteiger partial charge in [0.25, 0.3) is 5.91 Å². The fourth-order valence-corrected chi connectivity index (χ4v) is 1.96. The average Bonchev–Trinajstić information content (AvgIpc) is 2.49. The van der Waals surface area contributed by atoms with Crippen molar-refractivity contribution in [3.8, 4) is 0 Å². The van der Waals surface area contributed by atoms with Crippen LogP contribution in [0, 0.1) is 6.92 Å². The fraction of sp³-hybridized carbons (Fsp3) is 0.125. The molecule has 0 saturated carbocycles. The van der Waals surface area contributed by atoms with Crippen molar-refractivity contribution in [1.82, 2.24) is 5.43 Å². The van der Waals surface area contributed by atoms with Crippen molar-refractivity contribution in [2.75, 3.05) is 11.9 Å². The molecule has 2 aromatic rings. The topological polar surface area (TPSA) is 53.5 Å². The van der Waals surface area contributed by atoms with Crippen molar-refractivity contribution in [3.63, 3.8) is 0 Å². The van der Waals surface area contributed by atoms with Crippen LogP contribution in [0.15, 0.2) is 58.1 Å². The number of hydrogen-bond donors (Lipinski definition) is 2. The molecule has 0 heterocycles. The Morgan fingerprint density at radius 3 is 2.62 bits per heavy atom. The Bertz CT molecular complexity index is 638. The van der Waals surface area contributed by atoms with Crippen LogP contribution in [0.2, 0.25) is 0 Å². The van der Waals surface area contributed by atoms with E-state index in [-0.39, 0.29) is 12.5 Å². The van der Waals surface area contributed by atoms with Crippen molar-refractivity contribution >= 4 is 33.7 Å². The molecule has 0 aliphatic heterocycles. The third-order valence-corrected chi connectivity index (χ3v) is 3.41. The van der Waals surface area contributed by atoms with Gasteiger partial charge in [0.2, 0.25) is 0 Å². The van der Waals surface area contributed by atoms with E-state index < -0.39 is 0 Å². The Morgan fingerprint density at radius 2 is 1.90 bits per heavy atom. The molecule has 2 rings (SSSR count). The number of hydrogen-bond acceptors (Lipinski definition) is 3. The maximum atomic E-state index is 11.7. The minimum absolute atomic E-state index is 0.173. The summed E-state index contributed by atoms with van der Waals surface area (Å²) >= 11 is 3.36. The molecule has 21 heavy (non-hydrogen) atoms. The Hall–Kier alpha value is -2.14. The molecule has 0 spiro atoms. The molecular weight excluding hydrogens is 330 g/mol. The summed E-state index contributed by atoms with van der Waals surface area (Å²) in [6, 6.07) is 15.5. The number of rotatable bonds is 5. The van der Waals surface area contributed by atoms with Gasteiger partial charge in [0.05, 0.1) is 12.8 Å². The molecule has 108 valence electrons. The summed E-state index contributed by atoms with van der Waals surface area (Å²) in [5.74, 6) is -0.192. The van der Waals surface area contributed by atoms with Crippen LogP contribution in [0.5, 0.6) is 0 Å². The summed E-state index contributed by atoms with van der Waals surface area (Å²) in [6.45, 7) is 2.17. The third-order valence-electron chi connectivity index (χ3n) is 2.88. The van der Waals surface area contributed by atoms with Crippen LogP contribution < -0.4 is 10.7 Å². The van der Waals surface area contributed by atoms with Gasteiger partial charge in [-0.25, -0.2) is 5.43 Å². The molecule has 0 unspecified atom stereocenters. The number of amides is 1. The number of benzene rings is 2. The highest BCUT2D eigenvalue weighted by Crippen LogP contribution is 2.13. The highest BCUT2D eigenvalue weighted by atomic mass is 79.9. The van der Waals surface area contributed by atoms with Gasteiger partial charge < -0.3 is 5.32 Å². The lowest BCUT2D eigenvalue weighted by molar-refractivity contribution is -0.119. The quantitative estimate of drug-likeness (QED) is 0.645.